The van der Waals surface area contributed by atoms with Crippen LogP contribution in [0, 0.1) is 12.8 Å². The summed E-state index contributed by atoms with van der Waals surface area (Å²) in [7, 11) is 1.86. The summed E-state index contributed by atoms with van der Waals surface area (Å²) in [6.45, 7) is 6.91. The highest BCUT2D eigenvalue weighted by atomic mass is 35.5. The van der Waals surface area contributed by atoms with Crippen LogP contribution >= 0.6 is 11.6 Å². The molecule has 3 aromatic heterocycles. The van der Waals surface area contributed by atoms with Gasteiger partial charge >= 0.3 is 6.03 Å². The van der Waals surface area contributed by atoms with Crippen molar-refractivity contribution in [3.05, 3.63) is 71.6 Å². The number of amides is 4. The molecule has 0 unspecified atom stereocenters. The summed E-state index contributed by atoms with van der Waals surface area (Å²) in [4.78, 5) is 57.4. The van der Waals surface area contributed by atoms with Gasteiger partial charge < -0.3 is 19.5 Å². The van der Waals surface area contributed by atoms with Gasteiger partial charge in [0.2, 0.25) is 11.8 Å². The second kappa shape index (κ2) is 13.9. The predicted octanol–water partition coefficient (Wildman–Crippen LogP) is 5.12. The van der Waals surface area contributed by atoms with Crippen molar-refractivity contribution in [1.29, 1.82) is 0 Å². The molecule has 15 heteroatoms. The number of carbonyl (C=O) groups excluding carboxylic acids is 3. The van der Waals surface area contributed by atoms with E-state index in [4.69, 9.17) is 16.3 Å². The van der Waals surface area contributed by atoms with Crippen LogP contribution in [0.4, 0.5) is 21.9 Å². The number of piperidine rings is 1. The van der Waals surface area contributed by atoms with E-state index >= 15 is 0 Å². The maximum Gasteiger partial charge on any atom is 0.328 e. The van der Waals surface area contributed by atoms with Crippen molar-refractivity contribution in [2.75, 3.05) is 60.5 Å². The summed E-state index contributed by atoms with van der Waals surface area (Å²) < 4.78 is 7.98. The number of fused-ring (bicyclic) bond motifs is 1. The number of aromatic amines is 1. The quantitative estimate of drug-likeness (QED) is 0.223. The molecule has 14 nitrogen and oxygen atoms in total. The van der Waals surface area contributed by atoms with E-state index in [-0.39, 0.29) is 17.8 Å². The molecular weight excluding hydrogens is 684 g/mol. The maximum atomic E-state index is 13.3. The van der Waals surface area contributed by atoms with Crippen molar-refractivity contribution in [2.45, 2.75) is 26.2 Å². The summed E-state index contributed by atoms with van der Waals surface area (Å²) >= 11 is 6.54. The number of aryl methyl sites for hydroxylation is 2. The van der Waals surface area contributed by atoms with Gasteiger partial charge in [0.15, 0.2) is 11.4 Å². The number of halogens is 1. The zero-order chi connectivity index (χ0) is 35.9. The molecule has 0 aliphatic carbocycles. The van der Waals surface area contributed by atoms with Crippen LogP contribution in [0.25, 0.3) is 22.6 Å². The summed E-state index contributed by atoms with van der Waals surface area (Å²) in [6.07, 6.45) is 5.82. The van der Waals surface area contributed by atoms with Gasteiger partial charge in [-0.05, 0) is 74.2 Å². The van der Waals surface area contributed by atoms with Crippen LogP contribution in [0.5, 0.6) is 11.5 Å². The van der Waals surface area contributed by atoms with E-state index < -0.39 is 0 Å². The first kappa shape index (κ1) is 33.7. The normalized spacial score (nSPS) is 17.7. The lowest BCUT2D eigenvalue weighted by Crippen LogP contribution is -2.52. The molecule has 6 heterocycles. The molecule has 0 radical (unpaired) electrons. The molecule has 3 aliphatic heterocycles. The van der Waals surface area contributed by atoms with Crippen molar-refractivity contribution in [2.24, 2.45) is 13.0 Å². The van der Waals surface area contributed by atoms with Gasteiger partial charge in [-0.1, -0.05) is 11.6 Å². The molecule has 52 heavy (non-hydrogen) atoms. The Morgan fingerprint density at radius 1 is 0.904 bits per heavy atom. The van der Waals surface area contributed by atoms with Gasteiger partial charge in [-0.3, -0.25) is 29.4 Å². The Labute approximate surface area is 305 Å². The zero-order valence-electron chi connectivity index (χ0n) is 29.0. The van der Waals surface area contributed by atoms with Crippen LogP contribution in [0.1, 0.15) is 25.0 Å². The van der Waals surface area contributed by atoms with Crippen molar-refractivity contribution >= 4 is 57.7 Å². The average molecular weight is 723 g/mol. The summed E-state index contributed by atoms with van der Waals surface area (Å²) in [5, 5.41) is 7.13. The predicted molar refractivity (Wildman–Crippen MR) is 198 cm³/mol. The summed E-state index contributed by atoms with van der Waals surface area (Å²) in [5.74, 6) is 2.00. The van der Waals surface area contributed by atoms with Gasteiger partial charge in [0.25, 0.3) is 0 Å². The Kier molecular flexibility index (Phi) is 9.01. The van der Waals surface area contributed by atoms with E-state index in [9.17, 15) is 14.4 Å². The minimum atomic E-state index is -0.373. The van der Waals surface area contributed by atoms with E-state index in [2.05, 4.69) is 35.2 Å². The van der Waals surface area contributed by atoms with Crippen LogP contribution in [-0.4, -0.2) is 93.3 Å². The molecule has 8 rings (SSSR count). The number of nitrogens with one attached hydrogen (secondary N) is 2. The number of benzene rings is 2. The topological polar surface area (TPSA) is 145 Å². The van der Waals surface area contributed by atoms with E-state index in [0.717, 1.165) is 67.3 Å². The Morgan fingerprint density at radius 3 is 2.31 bits per heavy atom. The van der Waals surface area contributed by atoms with Crippen LogP contribution in [0.3, 0.4) is 0 Å². The highest BCUT2D eigenvalue weighted by molar-refractivity contribution is 6.32. The second-order valence-electron chi connectivity index (χ2n) is 13.6. The number of ether oxygens (including phenoxy) is 1. The lowest BCUT2D eigenvalue weighted by molar-refractivity contribution is -0.121. The first-order chi connectivity index (χ1) is 25.2. The third-order valence-corrected chi connectivity index (χ3v) is 10.3. The van der Waals surface area contributed by atoms with Crippen molar-refractivity contribution in [3.63, 3.8) is 0 Å². The first-order valence-corrected chi connectivity index (χ1v) is 17.9. The number of anilines is 3. The molecule has 2 aromatic carbocycles. The second-order valence-corrected chi connectivity index (χ2v) is 14.0. The molecule has 4 amide bonds. The molecule has 3 fully saturated rings. The zero-order valence-corrected chi connectivity index (χ0v) is 29.8. The number of H-pyrrole nitrogens is 1. The molecule has 0 bridgehead atoms. The Morgan fingerprint density at radius 2 is 1.62 bits per heavy atom. The van der Waals surface area contributed by atoms with Gasteiger partial charge in [-0.2, -0.15) is 5.10 Å². The van der Waals surface area contributed by atoms with Crippen molar-refractivity contribution in [1.82, 2.24) is 34.9 Å². The molecule has 3 saturated heterocycles. The average Bonchev–Trinajstić information content (AvgIpc) is 3.72. The number of imidazole rings is 1. The smallest absolute Gasteiger partial charge is 0.328 e. The lowest BCUT2D eigenvalue weighted by atomic mass is 9.95. The first-order valence-electron chi connectivity index (χ1n) is 17.5. The van der Waals surface area contributed by atoms with E-state index in [1.807, 2.05) is 73.6 Å². The number of urea groups is 1. The van der Waals surface area contributed by atoms with Gasteiger partial charge in [0.05, 0.1) is 24.0 Å². The number of aromatic nitrogens is 5. The molecular formula is C37H39ClN10O4. The minimum absolute atomic E-state index is 0.0822. The van der Waals surface area contributed by atoms with E-state index in [0.29, 0.717) is 65.5 Å². The SMILES string of the molecule is Cc1nn(C)cc1-c1nc2ncc(Cl)c(Oc3ccc(N4CCN(CC5CCN(c6ccc(N7CCC(=O)NC7=O)cc6)CC5)CC4=O)cc3)c2[nH]1. The maximum absolute atomic E-state index is 13.3. The summed E-state index contributed by atoms with van der Waals surface area (Å²) in [6, 6.07) is 15.1. The van der Waals surface area contributed by atoms with Crippen molar-refractivity contribution in [3.8, 4) is 22.9 Å². The van der Waals surface area contributed by atoms with Crippen LogP contribution in [0.15, 0.2) is 60.9 Å². The van der Waals surface area contributed by atoms with E-state index in [1.54, 1.807) is 9.58 Å². The third kappa shape index (κ3) is 6.78. The van der Waals surface area contributed by atoms with E-state index in [1.165, 1.54) is 6.20 Å². The highest BCUT2D eigenvalue weighted by Gasteiger charge is 2.29. The Bertz CT molecular complexity index is 2140. The number of nitrogens with zero attached hydrogens (tertiary/aromatic N) is 8. The molecule has 0 spiro atoms. The van der Waals surface area contributed by atoms with Gasteiger partial charge in [-0.15, -0.1) is 0 Å². The molecule has 2 N–H and O–H groups in total. The molecule has 3 aliphatic rings. The van der Waals surface area contributed by atoms with Gasteiger partial charge in [0, 0.05) is 76.0 Å². The van der Waals surface area contributed by atoms with Gasteiger partial charge in [0.1, 0.15) is 22.1 Å². The standard InChI is InChI=1S/C37H39ClN10O4/c1-23-29(21-44(2)43-23)35-41-33-34(30(38)19-39-36(33)42-35)52-28-9-7-26(8-10-28)47-18-17-45(22-32(47)50)20-24-11-14-46(15-12-24)25-3-5-27(6-4-25)48-16-13-31(49)40-37(48)51/h3-10,19,21,24H,11-18,20,22H2,1-2H3,(H,39,41,42)(H,40,49,51). The minimum Gasteiger partial charge on any atom is -0.453 e. The fourth-order valence-electron chi connectivity index (χ4n) is 7.33. The number of rotatable bonds is 8. The third-order valence-electron chi connectivity index (χ3n) is 10.1. The number of carbonyl (C=O) groups is 3. The van der Waals surface area contributed by atoms with Crippen LogP contribution < -0.4 is 24.8 Å². The van der Waals surface area contributed by atoms with Crippen molar-refractivity contribution < 1.29 is 19.1 Å². The monoisotopic (exact) mass is 722 g/mol. The fraction of sp³-hybridized carbons (Fsp3) is 0.351. The highest BCUT2D eigenvalue weighted by Crippen LogP contribution is 2.37. The largest absolute Gasteiger partial charge is 0.453 e. The molecule has 268 valence electrons. The number of imide groups is 1. The number of hydrogen-bond acceptors (Lipinski definition) is 9. The number of piperazine rings is 1. The Balaban J connectivity index is 0.837. The van der Waals surface area contributed by atoms with Crippen LogP contribution in [-0.2, 0) is 16.6 Å². The summed E-state index contributed by atoms with van der Waals surface area (Å²) in [5.41, 5.74) is 5.52. The lowest BCUT2D eigenvalue weighted by Gasteiger charge is -2.39. The number of pyridine rings is 1. The van der Waals surface area contributed by atoms with Gasteiger partial charge in [-0.25, -0.2) is 14.8 Å². The molecule has 5 aromatic rings. The fourth-order valence-corrected chi connectivity index (χ4v) is 7.51. The Hall–Kier alpha value is -5.47. The van der Waals surface area contributed by atoms with Crippen LogP contribution in [0.2, 0.25) is 5.02 Å². The molecule has 0 atom stereocenters. The molecule has 0 saturated carbocycles. The number of hydrogen-bond donors (Lipinski definition) is 2.